The molecule has 10 heteroatoms. The van der Waals surface area contributed by atoms with Crippen LogP contribution < -0.4 is 25.8 Å². The second-order valence-corrected chi connectivity index (χ2v) is 10.8. The van der Waals surface area contributed by atoms with Gasteiger partial charge in [0.05, 0.1) is 31.2 Å². The molecule has 2 aliphatic rings. The molecule has 0 bridgehead atoms. The van der Waals surface area contributed by atoms with Crippen molar-refractivity contribution in [3.05, 3.63) is 53.1 Å². The van der Waals surface area contributed by atoms with Crippen molar-refractivity contribution >= 4 is 32.3 Å². The topological polar surface area (TPSA) is 126 Å². The van der Waals surface area contributed by atoms with Crippen molar-refractivity contribution in [2.24, 2.45) is 10.7 Å². The average Bonchev–Trinajstić information content (AvgIpc) is 2.88. The summed E-state index contributed by atoms with van der Waals surface area (Å²) in [5.74, 6) is 0.869. The number of rotatable bonds is 8. The van der Waals surface area contributed by atoms with Crippen LogP contribution in [0.4, 0.5) is 0 Å². The number of aliphatic hydroxyl groups is 1. The summed E-state index contributed by atoms with van der Waals surface area (Å²) in [4.78, 5) is 32.7. The Hall–Kier alpha value is -3.16. The van der Waals surface area contributed by atoms with E-state index in [0.717, 1.165) is 18.1 Å². The first-order valence-electron chi connectivity index (χ1n) is 13.0. The largest absolute Gasteiger partial charge is 0.494 e. The van der Waals surface area contributed by atoms with E-state index in [1.165, 1.54) is 4.90 Å². The number of amides is 2. The quantitative estimate of drug-likeness (QED) is 0.442. The van der Waals surface area contributed by atoms with Crippen LogP contribution in [0.3, 0.4) is 0 Å². The van der Waals surface area contributed by atoms with Crippen molar-refractivity contribution in [2.75, 3.05) is 13.2 Å². The van der Waals surface area contributed by atoms with Gasteiger partial charge >= 0.3 is 0 Å². The van der Waals surface area contributed by atoms with E-state index >= 15 is 0 Å². The molecule has 0 saturated carbocycles. The first-order chi connectivity index (χ1) is 18.0. The number of hydrogen-bond acceptors (Lipinski definition) is 7. The lowest BCUT2D eigenvalue weighted by atomic mass is 9.87. The zero-order valence-electron chi connectivity index (χ0n) is 22.4. The number of ether oxygens (including phenoxy) is 2. The Balaban J connectivity index is 1.63. The van der Waals surface area contributed by atoms with E-state index in [2.05, 4.69) is 19.5 Å². The molecule has 0 spiro atoms. The summed E-state index contributed by atoms with van der Waals surface area (Å²) in [5, 5.41) is 15.0. The highest BCUT2D eigenvalue weighted by molar-refractivity contribution is 7.27. The van der Waals surface area contributed by atoms with Crippen LogP contribution in [0.15, 0.2) is 41.4 Å². The third kappa shape index (κ3) is 5.49. The number of nitrogens with two attached hydrogens (primary N) is 1. The van der Waals surface area contributed by atoms with Crippen LogP contribution >= 0.6 is 9.24 Å². The zero-order chi connectivity index (χ0) is 27.7. The molecular formula is C28H37N4O5P. The van der Waals surface area contributed by atoms with Gasteiger partial charge < -0.3 is 25.6 Å². The minimum atomic E-state index is -1.31. The molecule has 0 saturated heterocycles. The summed E-state index contributed by atoms with van der Waals surface area (Å²) >= 11 is 0. The van der Waals surface area contributed by atoms with Crippen LogP contribution in [0.2, 0.25) is 0 Å². The van der Waals surface area contributed by atoms with Crippen LogP contribution in [0.5, 0.6) is 11.5 Å². The fraction of sp³-hybridized carbons (Fsp3) is 0.464. The van der Waals surface area contributed by atoms with E-state index in [9.17, 15) is 14.7 Å². The summed E-state index contributed by atoms with van der Waals surface area (Å²) in [6.45, 7) is 8.11. The Labute approximate surface area is 226 Å². The second kappa shape index (κ2) is 10.9. The van der Waals surface area contributed by atoms with Crippen LogP contribution in [-0.2, 0) is 11.3 Å². The van der Waals surface area contributed by atoms with E-state index in [1.807, 2.05) is 39.0 Å². The van der Waals surface area contributed by atoms with E-state index < -0.39 is 17.2 Å². The molecule has 4 rings (SSSR count). The molecule has 9 nitrogen and oxygen atoms in total. The van der Waals surface area contributed by atoms with Crippen LogP contribution in [0.1, 0.15) is 74.5 Å². The SMILES string of the molecule is CCOc1ccc(C(=O)NC2c3cc(P)ccc3OCC2(C)O)cc1CN1C(=O)CC(CC)(CC)N=C1N. The van der Waals surface area contributed by atoms with Gasteiger partial charge in [-0.1, -0.05) is 19.9 Å². The Morgan fingerprint density at radius 1 is 1.26 bits per heavy atom. The molecule has 204 valence electrons. The van der Waals surface area contributed by atoms with Crippen molar-refractivity contribution in [2.45, 2.75) is 70.7 Å². The maximum Gasteiger partial charge on any atom is 0.251 e. The maximum atomic E-state index is 13.5. The second-order valence-electron chi connectivity index (χ2n) is 10.2. The fourth-order valence-electron chi connectivity index (χ4n) is 5.00. The fourth-order valence-corrected chi connectivity index (χ4v) is 5.28. The molecule has 38 heavy (non-hydrogen) atoms. The number of aliphatic imine (C=N–C) groups is 1. The molecule has 2 aromatic rings. The van der Waals surface area contributed by atoms with E-state index in [1.54, 1.807) is 25.1 Å². The lowest BCUT2D eigenvalue weighted by Gasteiger charge is -2.39. The van der Waals surface area contributed by atoms with Gasteiger partial charge in [0, 0.05) is 16.7 Å². The van der Waals surface area contributed by atoms with Gasteiger partial charge in [-0.05, 0) is 62.3 Å². The van der Waals surface area contributed by atoms with Crippen LogP contribution in [0.25, 0.3) is 0 Å². The molecule has 3 atom stereocenters. The number of carbonyl (C=O) groups excluding carboxylic acids is 2. The number of nitrogens with one attached hydrogen (secondary N) is 1. The van der Waals surface area contributed by atoms with Crippen molar-refractivity contribution in [3.8, 4) is 11.5 Å². The minimum absolute atomic E-state index is 0.0440. The molecule has 2 heterocycles. The van der Waals surface area contributed by atoms with Gasteiger partial charge in [0.15, 0.2) is 5.96 Å². The Morgan fingerprint density at radius 3 is 2.66 bits per heavy atom. The molecule has 2 aromatic carbocycles. The summed E-state index contributed by atoms with van der Waals surface area (Å²) in [7, 11) is 2.62. The number of hydrogen-bond donors (Lipinski definition) is 3. The minimum Gasteiger partial charge on any atom is -0.494 e. The van der Waals surface area contributed by atoms with Gasteiger partial charge in [-0.25, -0.2) is 4.99 Å². The third-order valence-corrected chi connectivity index (χ3v) is 7.80. The Bertz CT molecular complexity index is 1260. The highest BCUT2D eigenvalue weighted by atomic mass is 31.0. The number of guanidine groups is 1. The molecule has 0 radical (unpaired) electrons. The summed E-state index contributed by atoms with van der Waals surface area (Å²) in [6.07, 6.45) is 1.72. The van der Waals surface area contributed by atoms with Crippen molar-refractivity contribution in [3.63, 3.8) is 0 Å². The van der Waals surface area contributed by atoms with Crippen LogP contribution in [0, 0.1) is 0 Å². The molecule has 3 unspecified atom stereocenters. The van der Waals surface area contributed by atoms with Gasteiger partial charge in [0.1, 0.15) is 23.7 Å². The molecule has 4 N–H and O–H groups in total. The first-order valence-corrected chi connectivity index (χ1v) is 13.6. The third-order valence-electron chi connectivity index (χ3n) is 7.44. The lowest BCUT2D eigenvalue weighted by molar-refractivity contribution is -0.130. The smallest absolute Gasteiger partial charge is 0.251 e. The highest BCUT2D eigenvalue weighted by Crippen LogP contribution is 2.38. The van der Waals surface area contributed by atoms with Gasteiger partial charge in [-0.3, -0.25) is 14.5 Å². The van der Waals surface area contributed by atoms with E-state index in [-0.39, 0.29) is 37.3 Å². The number of carbonyl (C=O) groups is 2. The molecule has 2 amide bonds. The number of fused-ring (bicyclic) bond motifs is 1. The van der Waals surface area contributed by atoms with Gasteiger partial charge in [0.25, 0.3) is 5.91 Å². The standard InChI is InChI=1S/C28H37N4O5P/c1-5-28(6-2)14-23(33)32(26(29)31-28)15-18-12-17(8-10-21(18)36-7-3)25(34)30-24-20-13-19(38)9-11-22(20)37-16-27(24,4)35/h8-13,24,35H,5-7,14-16,38H2,1-4H3,(H2,29,31)(H,30,34). The van der Waals surface area contributed by atoms with Crippen molar-refractivity contribution < 1.29 is 24.2 Å². The van der Waals surface area contributed by atoms with Gasteiger partial charge in [0.2, 0.25) is 5.91 Å². The summed E-state index contributed by atoms with van der Waals surface area (Å²) in [5.41, 5.74) is 6.18. The summed E-state index contributed by atoms with van der Waals surface area (Å²) < 4.78 is 11.5. The molecule has 2 aliphatic heterocycles. The molecule has 0 fully saturated rings. The van der Waals surface area contributed by atoms with Gasteiger partial charge in [-0.2, -0.15) is 0 Å². The predicted octanol–water partition coefficient (Wildman–Crippen LogP) is 2.81. The number of nitrogens with zero attached hydrogens (tertiary/aromatic N) is 2. The summed E-state index contributed by atoms with van der Waals surface area (Å²) in [6, 6.07) is 9.99. The predicted molar refractivity (Wildman–Crippen MR) is 150 cm³/mol. The molecule has 0 aliphatic carbocycles. The molecule has 0 aromatic heterocycles. The average molecular weight is 541 g/mol. The van der Waals surface area contributed by atoms with Crippen molar-refractivity contribution in [1.82, 2.24) is 10.2 Å². The lowest BCUT2D eigenvalue weighted by Crippen LogP contribution is -2.51. The number of benzene rings is 2. The first kappa shape index (κ1) is 27.9. The van der Waals surface area contributed by atoms with Crippen molar-refractivity contribution in [1.29, 1.82) is 0 Å². The Kier molecular flexibility index (Phi) is 8.00. The van der Waals surface area contributed by atoms with Gasteiger partial charge in [-0.15, -0.1) is 9.24 Å². The molecular weight excluding hydrogens is 503 g/mol. The highest BCUT2D eigenvalue weighted by Gasteiger charge is 2.41. The Morgan fingerprint density at radius 2 is 2.00 bits per heavy atom. The zero-order valence-corrected chi connectivity index (χ0v) is 23.6. The maximum absolute atomic E-state index is 13.5. The normalized spacial score (nSPS) is 22.3. The van der Waals surface area contributed by atoms with E-state index in [4.69, 9.17) is 15.2 Å². The van der Waals surface area contributed by atoms with E-state index in [0.29, 0.717) is 34.8 Å². The van der Waals surface area contributed by atoms with Crippen LogP contribution in [-0.4, -0.2) is 52.1 Å². The monoisotopic (exact) mass is 540 g/mol.